The average Bonchev–Trinajstić information content (AvgIpc) is 3.23. The zero-order valence-electron chi connectivity index (χ0n) is 54.2. The van der Waals surface area contributed by atoms with Gasteiger partial charge in [0.15, 0.2) is 19.0 Å². The highest BCUT2D eigenvalue weighted by Gasteiger charge is 2.51. The van der Waals surface area contributed by atoms with Crippen molar-refractivity contribution in [2.75, 3.05) is 13.6 Å². The molecule has 4 aromatic rings. The van der Waals surface area contributed by atoms with E-state index < -0.39 is 50.2 Å². The highest BCUT2D eigenvalue weighted by atomic mass is 16.7. The summed E-state index contributed by atoms with van der Waals surface area (Å²) in [6.07, 6.45) is 0.827. The number of rotatable bonds is 17. The minimum Gasteiger partial charge on any atom is -0.467 e. The largest absolute Gasteiger partial charge is 0.467 e. The molecule has 0 aliphatic rings. The fourth-order valence-electron chi connectivity index (χ4n) is 9.97. The topological polar surface area (TPSA) is 89.5 Å². The van der Waals surface area contributed by atoms with Crippen LogP contribution in [0.1, 0.15) is 245 Å². The summed E-state index contributed by atoms with van der Waals surface area (Å²) in [5.41, 5.74) is 2.58. The fourth-order valence-corrected chi connectivity index (χ4v) is 9.97. The SMILES string of the molecule is CC(C)(C)CC(C)(C)c1ccc(OC(=O)C(Cc2cc(C(C)(C)C)c(OCOC(C)(C)C)c(C(C)(C)C)c2)(Cc2cc(C(C)(C)C)c(OCOC(C)(C)C)c(C(C)(C)C)c2)C(=O)Oc2ccc(C(C)(C)C(C)(C)C)cc2)cc1. The molecule has 0 amide bonds. The van der Waals surface area contributed by atoms with Gasteiger partial charge in [-0.15, -0.1) is 0 Å². The molecule has 0 unspecified atom stereocenters. The van der Waals surface area contributed by atoms with Gasteiger partial charge in [-0.2, -0.15) is 0 Å². The van der Waals surface area contributed by atoms with Crippen LogP contribution in [-0.2, 0) is 64.4 Å². The number of esters is 2. The van der Waals surface area contributed by atoms with E-state index in [2.05, 4.69) is 177 Å². The first-order valence-electron chi connectivity index (χ1n) is 28.5. The summed E-state index contributed by atoms with van der Waals surface area (Å²) in [5.74, 6) is 0.673. The molecule has 0 saturated carbocycles. The van der Waals surface area contributed by atoms with Gasteiger partial charge in [0.25, 0.3) is 0 Å². The monoisotopic (exact) mass is 1070 g/mol. The van der Waals surface area contributed by atoms with Crippen LogP contribution in [0.3, 0.4) is 0 Å². The van der Waals surface area contributed by atoms with Gasteiger partial charge >= 0.3 is 11.9 Å². The van der Waals surface area contributed by atoms with Gasteiger partial charge in [0.2, 0.25) is 0 Å². The Morgan fingerprint density at radius 2 is 0.692 bits per heavy atom. The molecule has 0 spiro atoms. The average molecular weight is 1080 g/mol. The molecule has 0 radical (unpaired) electrons. The lowest BCUT2D eigenvalue weighted by Crippen LogP contribution is -2.48. The third-order valence-corrected chi connectivity index (χ3v) is 15.2. The Bertz CT molecular complexity index is 2510. The van der Waals surface area contributed by atoms with E-state index in [0.717, 1.165) is 62.4 Å². The van der Waals surface area contributed by atoms with Crippen molar-refractivity contribution in [3.8, 4) is 23.0 Å². The summed E-state index contributed by atoms with van der Waals surface area (Å²) in [6, 6.07) is 23.9. The lowest BCUT2D eigenvalue weighted by atomic mass is 9.65. The fraction of sp³-hybridized carbons (Fsp3) is 0.629. The van der Waals surface area contributed by atoms with Crippen molar-refractivity contribution < 1.29 is 38.0 Å². The zero-order valence-corrected chi connectivity index (χ0v) is 54.2. The minimum atomic E-state index is -1.96. The van der Waals surface area contributed by atoms with Crippen LogP contribution in [0.25, 0.3) is 0 Å². The van der Waals surface area contributed by atoms with E-state index in [4.69, 9.17) is 28.4 Å². The summed E-state index contributed by atoms with van der Waals surface area (Å²) in [5, 5.41) is 0. The van der Waals surface area contributed by atoms with Crippen molar-refractivity contribution in [2.24, 2.45) is 16.2 Å². The number of hydrogen-bond acceptors (Lipinski definition) is 8. The first kappa shape index (κ1) is 65.9. The summed E-state index contributed by atoms with van der Waals surface area (Å²) in [4.78, 5) is 32.3. The molecule has 0 atom stereocenters. The molecule has 0 fully saturated rings. The smallest absolute Gasteiger partial charge is 0.329 e. The van der Waals surface area contributed by atoms with Crippen molar-refractivity contribution in [1.29, 1.82) is 0 Å². The highest BCUT2D eigenvalue weighted by molar-refractivity contribution is 6.02. The van der Waals surface area contributed by atoms with E-state index in [1.165, 1.54) is 0 Å². The Morgan fingerprint density at radius 3 is 0.949 bits per heavy atom. The normalized spacial score (nSPS) is 13.8. The molecule has 0 aromatic heterocycles. The van der Waals surface area contributed by atoms with Crippen molar-refractivity contribution in [2.45, 2.75) is 257 Å². The van der Waals surface area contributed by atoms with Gasteiger partial charge < -0.3 is 28.4 Å². The number of hydrogen-bond donors (Lipinski definition) is 0. The van der Waals surface area contributed by atoms with E-state index in [9.17, 15) is 0 Å². The predicted octanol–water partition coefficient (Wildman–Crippen LogP) is 18.2. The van der Waals surface area contributed by atoms with E-state index in [1.54, 1.807) is 0 Å². The van der Waals surface area contributed by atoms with Crippen LogP contribution < -0.4 is 18.9 Å². The molecule has 0 heterocycles. The van der Waals surface area contributed by atoms with Crippen LogP contribution >= 0.6 is 0 Å². The van der Waals surface area contributed by atoms with Gasteiger partial charge in [0.1, 0.15) is 23.0 Å². The van der Waals surface area contributed by atoms with Crippen molar-refractivity contribution >= 4 is 11.9 Å². The molecule has 0 saturated heterocycles. The second-order valence-electron chi connectivity index (χ2n) is 31.8. The maximum Gasteiger partial charge on any atom is 0.329 e. The second-order valence-corrected chi connectivity index (χ2v) is 31.8. The third-order valence-electron chi connectivity index (χ3n) is 15.2. The Kier molecular flexibility index (Phi) is 19.5. The maximum absolute atomic E-state index is 16.2. The molecule has 8 heteroatoms. The lowest BCUT2D eigenvalue weighted by molar-refractivity contribution is -0.161. The molecule has 4 rings (SSSR count). The molecule has 78 heavy (non-hydrogen) atoms. The van der Waals surface area contributed by atoms with Gasteiger partial charge in [-0.05, 0) is 151 Å². The maximum atomic E-state index is 16.2. The Balaban J connectivity index is 2.17. The van der Waals surface area contributed by atoms with Gasteiger partial charge in [-0.25, -0.2) is 0 Å². The molecule has 0 bridgehead atoms. The lowest BCUT2D eigenvalue weighted by Gasteiger charge is -2.39. The zero-order chi connectivity index (χ0) is 59.8. The Hall–Kier alpha value is -4.66. The van der Waals surface area contributed by atoms with E-state index in [0.29, 0.717) is 11.5 Å². The number of carbonyl (C=O) groups is 2. The molecule has 4 aromatic carbocycles. The molecule has 434 valence electrons. The molecule has 0 aliphatic heterocycles. The molecule has 0 N–H and O–H groups in total. The number of carbonyl (C=O) groups excluding carboxylic acids is 2. The highest BCUT2D eigenvalue weighted by Crippen LogP contribution is 2.47. The van der Waals surface area contributed by atoms with Gasteiger partial charge in [-0.3, -0.25) is 9.59 Å². The van der Waals surface area contributed by atoms with Gasteiger partial charge in [-0.1, -0.05) is 201 Å². The van der Waals surface area contributed by atoms with Gasteiger partial charge in [0, 0.05) is 22.3 Å². The Labute approximate surface area is 474 Å². The number of ether oxygens (including phenoxy) is 6. The van der Waals surface area contributed by atoms with Crippen LogP contribution in [0.5, 0.6) is 23.0 Å². The summed E-state index contributed by atoms with van der Waals surface area (Å²) in [6.45, 7) is 60.3. The Morgan fingerprint density at radius 1 is 0.397 bits per heavy atom. The van der Waals surface area contributed by atoms with Crippen molar-refractivity contribution in [1.82, 2.24) is 0 Å². The standard InChI is InChI=1S/C70H106O8/c1-60(2,3)43-68(25,26)48-29-33-50(34-30-48)77-58(71)70(59(72)78-51-35-31-49(32-36-51)69(27,28)65(16,17)18,41-46-37-52(61(4,5)6)56(53(38-46)62(7,8)9)73-44-75-66(19,20)21)42-47-39-54(63(10,11)12)57(55(40-47)64(13,14)15)74-45-76-67(22,23)24/h29-40H,41-45H2,1-28H3. The first-order chi connectivity index (χ1) is 35.0. The van der Waals surface area contributed by atoms with Crippen LogP contribution in [0.2, 0.25) is 0 Å². The van der Waals surface area contributed by atoms with Crippen molar-refractivity contribution in [3.05, 3.63) is 117 Å². The first-order valence-corrected chi connectivity index (χ1v) is 28.5. The van der Waals surface area contributed by atoms with E-state index >= 15 is 9.59 Å². The van der Waals surface area contributed by atoms with E-state index in [-0.39, 0.29) is 48.1 Å². The second kappa shape index (κ2) is 23.1. The molecule has 0 aliphatic carbocycles. The van der Waals surface area contributed by atoms with Crippen LogP contribution in [0.15, 0.2) is 72.8 Å². The van der Waals surface area contributed by atoms with Crippen LogP contribution in [0, 0.1) is 16.2 Å². The predicted molar refractivity (Wildman–Crippen MR) is 324 cm³/mol. The van der Waals surface area contributed by atoms with Crippen molar-refractivity contribution in [3.63, 3.8) is 0 Å². The molecular weight excluding hydrogens is 969 g/mol. The minimum absolute atomic E-state index is 0.0454. The number of benzene rings is 4. The molecular formula is C70H106O8. The molecule has 8 nitrogen and oxygen atoms in total. The van der Waals surface area contributed by atoms with Crippen LogP contribution in [0.4, 0.5) is 0 Å². The summed E-state index contributed by atoms with van der Waals surface area (Å²) >= 11 is 0. The van der Waals surface area contributed by atoms with E-state index in [1.807, 2.05) is 90.1 Å². The van der Waals surface area contributed by atoms with Gasteiger partial charge in [0.05, 0.1) is 11.2 Å². The summed E-state index contributed by atoms with van der Waals surface area (Å²) in [7, 11) is 0. The summed E-state index contributed by atoms with van der Waals surface area (Å²) < 4.78 is 38.9. The third kappa shape index (κ3) is 17.4. The van der Waals surface area contributed by atoms with Crippen LogP contribution in [-0.4, -0.2) is 36.7 Å². The quantitative estimate of drug-likeness (QED) is 0.0447.